The van der Waals surface area contributed by atoms with Gasteiger partial charge in [-0.05, 0) is 29.2 Å². The fraction of sp³-hybridized carbons (Fsp3) is 0.258. The van der Waals surface area contributed by atoms with E-state index in [2.05, 4.69) is 17.2 Å². The Hall–Kier alpha value is -3.90. The lowest BCUT2D eigenvalue weighted by molar-refractivity contribution is -0.141. The largest absolute Gasteiger partial charge is 0.480 e. The van der Waals surface area contributed by atoms with Crippen LogP contribution in [0.2, 0.25) is 5.02 Å². The number of amides is 1. The molecular weight excluding hydrogens is 498 g/mol. The number of aromatic nitrogens is 2. The first-order chi connectivity index (χ1) is 18.5. The van der Waals surface area contributed by atoms with Crippen LogP contribution in [0, 0.1) is 0 Å². The number of carbonyl (C=O) groups excluding carboxylic acids is 1. The lowest BCUT2D eigenvalue weighted by atomic mass is 9.90. The molecule has 1 aromatic heterocycles. The molecule has 38 heavy (non-hydrogen) atoms. The number of halogens is 1. The number of hydrogen-bond acceptors (Lipinski definition) is 3. The molecule has 0 aliphatic carbocycles. The number of aliphatic carboxylic acids is 1. The van der Waals surface area contributed by atoms with Crippen LogP contribution in [-0.4, -0.2) is 32.6 Å². The topological polar surface area (TPSA) is 84.2 Å². The number of imidazole rings is 1. The lowest BCUT2D eigenvalue weighted by Crippen LogP contribution is -2.45. The zero-order chi connectivity index (χ0) is 26.9. The summed E-state index contributed by atoms with van der Waals surface area (Å²) in [7, 11) is 0. The third-order valence-corrected chi connectivity index (χ3v) is 6.99. The van der Waals surface area contributed by atoms with Gasteiger partial charge in [0, 0.05) is 29.8 Å². The Morgan fingerprint density at radius 2 is 1.55 bits per heavy atom. The van der Waals surface area contributed by atoms with Gasteiger partial charge in [0.05, 0.1) is 12.5 Å². The van der Waals surface area contributed by atoms with Gasteiger partial charge in [0.1, 0.15) is 11.9 Å². The fourth-order valence-electron chi connectivity index (χ4n) is 4.59. The average molecular weight is 530 g/mol. The molecule has 0 aliphatic rings. The maximum Gasteiger partial charge on any atom is 0.326 e. The lowest BCUT2D eigenvalue weighted by Gasteiger charge is -2.22. The zero-order valence-corrected chi connectivity index (χ0v) is 22.1. The predicted octanol–water partition coefficient (Wildman–Crippen LogP) is 5.87. The van der Waals surface area contributed by atoms with E-state index in [0.717, 1.165) is 47.5 Å². The minimum absolute atomic E-state index is 0.0982. The van der Waals surface area contributed by atoms with Crippen LogP contribution in [0.5, 0.6) is 0 Å². The second-order valence-corrected chi connectivity index (χ2v) is 9.71. The summed E-state index contributed by atoms with van der Waals surface area (Å²) in [6.07, 6.45) is 4.57. The maximum atomic E-state index is 13.6. The number of nitrogens with one attached hydrogen (secondary N) is 1. The summed E-state index contributed by atoms with van der Waals surface area (Å²) in [4.78, 5) is 30.6. The molecule has 4 aromatic rings. The molecule has 0 bridgehead atoms. The third-order valence-electron chi connectivity index (χ3n) is 6.62. The highest BCUT2D eigenvalue weighted by Gasteiger charge is 2.29. The SMILES string of the molecule is CCCCc1ncc(CC(NC(=O)C(c2ccccc2)c2ccccc2)C(=O)O)n1Cc1ccccc1Cl. The molecule has 2 N–H and O–H groups in total. The molecule has 0 spiro atoms. The summed E-state index contributed by atoms with van der Waals surface area (Å²) in [5.74, 6) is -1.21. The van der Waals surface area contributed by atoms with Crippen LogP contribution in [0.15, 0.2) is 91.1 Å². The summed E-state index contributed by atoms with van der Waals surface area (Å²) >= 11 is 6.44. The quantitative estimate of drug-likeness (QED) is 0.240. The molecule has 6 nitrogen and oxygen atoms in total. The average Bonchev–Trinajstić information content (AvgIpc) is 3.30. The van der Waals surface area contributed by atoms with Gasteiger partial charge in [0.2, 0.25) is 5.91 Å². The van der Waals surface area contributed by atoms with Crippen LogP contribution in [0.25, 0.3) is 0 Å². The fourth-order valence-corrected chi connectivity index (χ4v) is 4.79. The molecule has 3 aromatic carbocycles. The molecule has 1 amide bonds. The Labute approximate surface area is 228 Å². The highest BCUT2D eigenvalue weighted by Crippen LogP contribution is 2.25. The van der Waals surface area contributed by atoms with Crippen molar-refractivity contribution in [3.8, 4) is 0 Å². The third kappa shape index (κ3) is 6.69. The molecular formula is C31H32ClN3O3. The maximum absolute atomic E-state index is 13.6. The number of carboxylic acids is 1. The molecule has 0 radical (unpaired) electrons. The van der Waals surface area contributed by atoms with E-state index in [1.807, 2.05) is 89.5 Å². The standard InChI is InChI=1S/C31H32ClN3O3/c1-2-3-18-28-33-20-25(35(28)21-24-16-10-11-17-26(24)32)19-27(31(37)38)34-30(36)29(22-12-6-4-7-13-22)23-14-8-5-9-15-23/h4-17,20,27,29H,2-3,18-19,21H2,1H3,(H,34,36)(H,37,38). The number of carboxylic acid groups (broad SMARTS) is 1. The van der Waals surface area contributed by atoms with Gasteiger partial charge in [-0.2, -0.15) is 0 Å². The van der Waals surface area contributed by atoms with Crippen molar-refractivity contribution in [2.45, 2.75) is 51.1 Å². The van der Waals surface area contributed by atoms with Crippen molar-refractivity contribution < 1.29 is 14.7 Å². The van der Waals surface area contributed by atoms with Gasteiger partial charge in [-0.1, -0.05) is 104 Å². The zero-order valence-electron chi connectivity index (χ0n) is 21.4. The van der Waals surface area contributed by atoms with Crippen molar-refractivity contribution in [2.24, 2.45) is 0 Å². The Balaban J connectivity index is 1.62. The molecule has 1 heterocycles. The number of nitrogens with zero attached hydrogens (tertiary/aromatic N) is 2. The van der Waals surface area contributed by atoms with E-state index in [1.165, 1.54) is 0 Å². The van der Waals surface area contributed by atoms with Crippen LogP contribution in [0.4, 0.5) is 0 Å². The number of aryl methyl sites for hydroxylation is 1. The van der Waals surface area contributed by atoms with Crippen molar-refractivity contribution in [3.05, 3.63) is 124 Å². The second-order valence-electron chi connectivity index (χ2n) is 9.30. The number of carbonyl (C=O) groups is 2. The van der Waals surface area contributed by atoms with E-state index in [-0.39, 0.29) is 12.3 Å². The monoisotopic (exact) mass is 529 g/mol. The van der Waals surface area contributed by atoms with Crippen molar-refractivity contribution in [2.75, 3.05) is 0 Å². The number of benzene rings is 3. The van der Waals surface area contributed by atoms with E-state index in [4.69, 9.17) is 11.6 Å². The molecule has 1 unspecified atom stereocenters. The molecule has 0 aliphatic heterocycles. The first-order valence-corrected chi connectivity index (χ1v) is 13.3. The van der Waals surface area contributed by atoms with E-state index in [0.29, 0.717) is 11.6 Å². The molecule has 0 saturated carbocycles. The van der Waals surface area contributed by atoms with Gasteiger partial charge in [-0.25, -0.2) is 9.78 Å². The Morgan fingerprint density at radius 1 is 0.947 bits per heavy atom. The van der Waals surface area contributed by atoms with Gasteiger partial charge in [0.15, 0.2) is 0 Å². The van der Waals surface area contributed by atoms with Crippen LogP contribution >= 0.6 is 11.6 Å². The minimum atomic E-state index is -1.13. The molecule has 4 rings (SSSR count). The van der Waals surface area contributed by atoms with Crippen molar-refractivity contribution in [1.29, 1.82) is 0 Å². The van der Waals surface area contributed by atoms with Gasteiger partial charge < -0.3 is 15.0 Å². The molecule has 196 valence electrons. The molecule has 0 fully saturated rings. The summed E-state index contributed by atoms with van der Waals surface area (Å²) in [5.41, 5.74) is 3.26. The van der Waals surface area contributed by atoms with Crippen LogP contribution < -0.4 is 5.32 Å². The van der Waals surface area contributed by atoms with Gasteiger partial charge in [0.25, 0.3) is 0 Å². The Morgan fingerprint density at radius 3 is 2.13 bits per heavy atom. The smallest absolute Gasteiger partial charge is 0.326 e. The normalized spacial score (nSPS) is 11.9. The molecule has 0 saturated heterocycles. The van der Waals surface area contributed by atoms with Crippen molar-refractivity contribution in [3.63, 3.8) is 0 Å². The predicted molar refractivity (Wildman–Crippen MR) is 149 cm³/mol. The number of rotatable bonds is 12. The van der Waals surface area contributed by atoms with Gasteiger partial charge in [-0.3, -0.25) is 4.79 Å². The Bertz CT molecular complexity index is 1320. The summed E-state index contributed by atoms with van der Waals surface area (Å²) in [5, 5.41) is 13.6. The highest BCUT2D eigenvalue weighted by atomic mass is 35.5. The summed E-state index contributed by atoms with van der Waals surface area (Å²) in [6.45, 7) is 2.60. The van der Waals surface area contributed by atoms with Gasteiger partial charge >= 0.3 is 5.97 Å². The van der Waals surface area contributed by atoms with E-state index in [9.17, 15) is 14.7 Å². The number of unbranched alkanes of at least 4 members (excludes halogenated alkanes) is 1. The van der Waals surface area contributed by atoms with Crippen LogP contribution in [-0.2, 0) is 29.0 Å². The Kier molecular flexibility index (Phi) is 9.33. The van der Waals surface area contributed by atoms with E-state index in [1.54, 1.807) is 6.20 Å². The first-order valence-electron chi connectivity index (χ1n) is 12.9. The summed E-state index contributed by atoms with van der Waals surface area (Å²) in [6, 6.07) is 25.3. The minimum Gasteiger partial charge on any atom is -0.480 e. The second kappa shape index (κ2) is 13.1. The molecule has 1 atom stereocenters. The van der Waals surface area contributed by atoms with E-state index >= 15 is 0 Å². The van der Waals surface area contributed by atoms with Crippen molar-refractivity contribution in [1.82, 2.24) is 14.9 Å². The number of hydrogen-bond donors (Lipinski definition) is 2. The van der Waals surface area contributed by atoms with E-state index < -0.39 is 17.9 Å². The first kappa shape index (κ1) is 27.1. The summed E-state index contributed by atoms with van der Waals surface area (Å²) < 4.78 is 2.03. The van der Waals surface area contributed by atoms with Crippen molar-refractivity contribution >= 4 is 23.5 Å². The van der Waals surface area contributed by atoms with Crippen LogP contribution in [0.3, 0.4) is 0 Å². The highest BCUT2D eigenvalue weighted by molar-refractivity contribution is 6.31. The molecule has 7 heteroatoms. The van der Waals surface area contributed by atoms with Gasteiger partial charge in [-0.15, -0.1) is 0 Å². The van der Waals surface area contributed by atoms with Crippen LogP contribution in [0.1, 0.15) is 53.9 Å².